The van der Waals surface area contributed by atoms with Crippen LogP contribution in [0.4, 0.5) is 0 Å². The SMILES string of the molecule is C=CCCCCc1cc(C(=O)OCC)c(C(=O)OCC)cc1CCCCC=C. The zero-order chi connectivity index (χ0) is 20.8. The third kappa shape index (κ3) is 7.71. The standard InChI is InChI=1S/C24H34O4/c1-5-9-11-13-15-19-17-21(23(25)27-7-3)22(24(26)28-8-4)18-20(19)16-14-12-10-6-2/h5-6,17-18H,1-2,7-16H2,3-4H3. The predicted octanol–water partition coefficient (Wildman–Crippen LogP) is 5.84. The van der Waals surface area contributed by atoms with Gasteiger partial charge in [0.05, 0.1) is 24.3 Å². The fraction of sp³-hybridized carbons (Fsp3) is 0.500. The molecule has 0 N–H and O–H groups in total. The van der Waals surface area contributed by atoms with Gasteiger partial charge in [-0.1, -0.05) is 12.2 Å². The summed E-state index contributed by atoms with van der Waals surface area (Å²) in [6, 6.07) is 3.67. The first-order valence-corrected chi connectivity index (χ1v) is 10.3. The third-order valence-corrected chi connectivity index (χ3v) is 4.54. The number of hydrogen-bond acceptors (Lipinski definition) is 4. The molecule has 0 bridgehead atoms. The Hall–Kier alpha value is -2.36. The number of unbranched alkanes of at least 4 members (excludes halogenated alkanes) is 4. The average molecular weight is 387 g/mol. The molecule has 1 aromatic carbocycles. The molecule has 0 aliphatic carbocycles. The monoisotopic (exact) mass is 386 g/mol. The van der Waals surface area contributed by atoms with Gasteiger partial charge in [0.15, 0.2) is 0 Å². The van der Waals surface area contributed by atoms with Gasteiger partial charge in [0.2, 0.25) is 0 Å². The van der Waals surface area contributed by atoms with Crippen LogP contribution in [0.5, 0.6) is 0 Å². The number of carbonyl (C=O) groups is 2. The third-order valence-electron chi connectivity index (χ3n) is 4.54. The molecule has 0 aliphatic rings. The Morgan fingerprint density at radius 1 is 0.786 bits per heavy atom. The minimum Gasteiger partial charge on any atom is -0.462 e. The quantitative estimate of drug-likeness (QED) is 0.229. The van der Waals surface area contributed by atoms with Crippen LogP contribution in [0.15, 0.2) is 37.4 Å². The molecule has 1 aromatic rings. The second-order valence-corrected chi connectivity index (χ2v) is 6.68. The molecular formula is C24H34O4. The smallest absolute Gasteiger partial charge is 0.339 e. The highest BCUT2D eigenvalue weighted by atomic mass is 16.5. The van der Waals surface area contributed by atoms with E-state index >= 15 is 0 Å². The summed E-state index contributed by atoms with van der Waals surface area (Å²) < 4.78 is 10.4. The van der Waals surface area contributed by atoms with Crippen molar-refractivity contribution in [3.05, 3.63) is 59.7 Å². The van der Waals surface area contributed by atoms with E-state index in [1.807, 2.05) is 24.3 Å². The fourth-order valence-corrected chi connectivity index (χ4v) is 3.12. The molecule has 0 amide bonds. The van der Waals surface area contributed by atoms with Crippen molar-refractivity contribution in [2.24, 2.45) is 0 Å². The first kappa shape index (κ1) is 23.7. The fourth-order valence-electron chi connectivity index (χ4n) is 3.12. The highest BCUT2D eigenvalue weighted by molar-refractivity contribution is 6.03. The Bertz CT molecular complexity index is 604. The lowest BCUT2D eigenvalue weighted by Gasteiger charge is -2.15. The zero-order valence-corrected chi connectivity index (χ0v) is 17.4. The van der Waals surface area contributed by atoms with E-state index in [-0.39, 0.29) is 13.2 Å². The summed E-state index contributed by atoms with van der Waals surface area (Å²) >= 11 is 0. The molecule has 0 saturated heterocycles. The molecule has 0 atom stereocenters. The summed E-state index contributed by atoms with van der Waals surface area (Å²) in [5.41, 5.74) is 2.82. The highest BCUT2D eigenvalue weighted by Gasteiger charge is 2.22. The number of ether oxygens (including phenoxy) is 2. The Balaban J connectivity index is 3.23. The van der Waals surface area contributed by atoms with Gasteiger partial charge in [-0.25, -0.2) is 9.59 Å². The van der Waals surface area contributed by atoms with E-state index in [1.165, 1.54) is 0 Å². The van der Waals surface area contributed by atoms with Crippen LogP contribution in [-0.4, -0.2) is 25.2 Å². The van der Waals surface area contributed by atoms with E-state index < -0.39 is 11.9 Å². The first-order chi connectivity index (χ1) is 13.6. The topological polar surface area (TPSA) is 52.6 Å². The lowest BCUT2D eigenvalue weighted by Crippen LogP contribution is -2.16. The number of aryl methyl sites for hydroxylation is 2. The second-order valence-electron chi connectivity index (χ2n) is 6.68. The van der Waals surface area contributed by atoms with Crippen molar-refractivity contribution < 1.29 is 19.1 Å². The average Bonchev–Trinajstić information content (AvgIpc) is 2.69. The number of rotatable bonds is 14. The molecule has 0 unspecified atom stereocenters. The van der Waals surface area contributed by atoms with Crippen LogP contribution >= 0.6 is 0 Å². The van der Waals surface area contributed by atoms with Gasteiger partial charge in [0, 0.05) is 0 Å². The lowest BCUT2D eigenvalue weighted by molar-refractivity contribution is 0.0478. The summed E-state index contributed by atoms with van der Waals surface area (Å²) in [6.45, 7) is 11.6. The van der Waals surface area contributed by atoms with Crippen molar-refractivity contribution in [1.29, 1.82) is 0 Å². The summed E-state index contributed by atoms with van der Waals surface area (Å²) in [5, 5.41) is 0. The van der Waals surface area contributed by atoms with E-state index in [0.717, 1.165) is 62.5 Å². The largest absolute Gasteiger partial charge is 0.462 e. The molecule has 0 aromatic heterocycles. The maximum Gasteiger partial charge on any atom is 0.339 e. The molecule has 0 heterocycles. The summed E-state index contributed by atoms with van der Waals surface area (Å²) in [7, 11) is 0. The minimum atomic E-state index is -0.476. The van der Waals surface area contributed by atoms with Crippen molar-refractivity contribution in [3.8, 4) is 0 Å². The first-order valence-electron chi connectivity index (χ1n) is 10.3. The molecule has 0 radical (unpaired) electrons. The number of allylic oxidation sites excluding steroid dienone is 2. The maximum absolute atomic E-state index is 12.5. The molecule has 0 aliphatic heterocycles. The summed E-state index contributed by atoms with van der Waals surface area (Å²) in [6.07, 6.45) is 11.6. The van der Waals surface area contributed by atoms with Crippen molar-refractivity contribution in [2.75, 3.05) is 13.2 Å². The van der Waals surface area contributed by atoms with E-state index in [0.29, 0.717) is 11.1 Å². The molecule has 0 fully saturated rings. The summed E-state index contributed by atoms with van der Waals surface area (Å²) in [4.78, 5) is 24.9. The van der Waals surface area contributed by atoms with Crippen molar-refractivity contribution >= 4 is 11.9 Å². The van der Waals surface area contributed by atoms with E-state index in [2.05, 4.69) is 13.2 Å². The normalized spacial score (nSPS) is 10.4. The van der Waals surface area contributed by atoms with Gasteiger partial charge < -0.3 is 9.47 Å². The van der Waals surface area contributed by atoms with Gasteiger partial charge >= 0.3 is 11.9 Å². The number of carbonyl (C=O) groups excluding carboxylic acids is 2. The summed E-state index contributed by atoms with van der Waals surface area (Å²) in [5.74, 6) is -0.952. The maximum atomic E-state index is 12.5. The Kier molecular flexibility index (Phi) is 11.6. The van der Waals surface area contributed by atoms with Crippen LogP contribution in [0.2, 0.25) is 0 Å². The molecule has 154 valence electrons. The van der Waals surface area contributed by atoms with Crippen LogP contribution in [0.1, 0.15) is 84.2 Å². The molecule has 0 saturated carbocycles. The zero-order valence-electron chi connectivity index (χ0n) is 17.4. The molecule has 28 heavy (non-hydrogen) atoms. The van der Waals surface area contributed by atoms with Gasteiger partial charge in [0.25, 0.3) is 0 Å². The Labute approximate surface area is 169 Å². The van der Waals surface area contributed by atoms with E-state index in [1.54, 1.807) is 13.8 Å². The second kappa shape index (κ2) is 13.8. The lowest BCUT2D eigenvalue weighted by atomic mass is 9.92. The Morgan fingerprint density at radius 3 is 1.50 bits per heavy atom. The van der Waals surface area contributed by atoms with E-state index in [9.17, 15) is 9.59 Å². The predicted molar refractivity (Wildman–Crippen MR) is 114 cm³/mol. The van der Waals surface area contributed by atoms with Crippen LogP contribution < -0.4 is 0 Å². The Morgan fingerprint density at radius 2 is 1.18 bits per heavy atom. The van der Waals surface area contributed by atoms with Crippen LogP contribution in [0.25, 0.3) is 0 Å². The van der Waals surface area contributed by atoms with E-state index in [4.69, 9.17) is 9.47 Å². The number of esters is 2. The molecular weight excluding hydrogens is 352 g/mol. The van der Waals surface area contributed by atoms with Gasteiger partial charge in [-0.2, -0.15) is 0 Å². The van der Waals surface area contributed by atoms with Crippen molar-refractivity contribution in [3.63, 3.8) is 0 Å². The van der Waals surface area contributed by atoms with Crippen molar-refractivity contribution in [1.82, 2.24) is 0 Å². The highest BCUT2D eigenvalue weighted by Crippen LogP contribution is 2.23. The van der Waals surface area contributed by atoms with Gasteiger partial charge in [-0.15, -0.1) is 13.2 Å². The minimum absolute atomic E-state index is 0.263. The molecule has 1 rings (SSSR count). The van der Waals surface area contributed by atoms with Crippen molar-refractivity contribution in [2.45, 2.75) is 65.2 Å². The molecule has 4 heteroatoms. The molecule has 0 spiro atoms. The van der Waals surface area contributed by atoms with Gasteiger partial charge in [-0.3, -0.25) is 0 Å². The van der Waals surface area contributed by atoms with Crippen LogP contribution in [0.3, 0.4) is 0 Å². The molecule has 4 nitrogen and oxygen atoms in total. The van der Waals surface area contributed by atoms with Crippen LogP contribution in [-0.2, 0) is 22.3 Å². The van der Waals surface area contributed by atoms with Gasteiger partial charge in [0.1, 0.15) is 0 Å². The number of benzene rings is 1. The van der Waals surface area contributed by atoms with Crippen LogP contribution in [0, 0.1) is 0 Å². The number of hydrogen-bond donors (Lipinski definition) is 0. The van der Waals surface area contributed by atoms with Gasteiger partial charge in [-0.05, 0) is 88.5 Å².